The maximum Gasteiger partial charge on any atom is 0.314 e. The number of phenolic OH excluding ortho intramolecular Hbond substituents is 2. The van der Waals surface area contributed by atoms with E-state index < -0.39 is 22.7 Å². The van der Waals surface area contributed by atoms with Crippen molar-refractivity contribution in [3.8, 4) is 11.5 Å². The van der Waals surface area contributed by atoms with Crippen LogP contribution in [0.15, 0.2) is 24.3 Å². The standard InChI is InChI=1S/C38H58O6S/c1-9-13-17-29-21-33(22-30(35(29)39)18-14-10-2)25(5)37(41)43-27(7)45-28(8)44-38(42)26(6)34-23-31(19-15-11-3)36(40)32(24-34)20-16-12-4/h21-28,39-40H,9-20H2,1-8H3. The predicted octanol–water partition coefficient (Wildman–Crippen LogP) is 9.89. The van der Waals surface area contributed by atoms with Gasteiger partial charge < -0.3 is 19.7 Å². The van der Waals surface area contributed by atoms with Gasteiger partial charge in [0.2, 0.25) is 0 Å². The van der Waals surface area contributed by atoms with Gasteiger partial charge in [-0.3, -0.25) is 9.59 Å². The molecule has 0 heterocycles. The molecule has 0 saturated heterocycles. The van der Waals surface area contributed by atoms with Gasteiger partial charge in [-0.25, -0.2) is 0 Å². The monoisotopic (exact) mass is 642 g/mol. The van der Waals surface area contributed by atoms with Crippen LogP contribution in [0.2, 0.25) is 0 Å². The van der Waals surface area contributed by atoms with E-state index in [9.17, 15) is 19.8 Å². The number of thioether (sulfide) groups is 1. The summed E-state index contributed by atoms with van der Waals surface area (Å²) in [6, 6.07) is 7.78. The summed E-state index contributed by atoms with van der Waals surface area (Å²) in [6.45, 7) is 15.8. The van der Waals surface area contributed by atoms with Gasteiger partial charge in [-0.1, -0.05) is 89.4 Å². The molecule has 2 N–H and O–H groups in total. The van der Waals surface area contributed by atoms with E-state index in [0.29, 0.717) is 11.5 Å². The van der Waals surface area contributed by atoms with Gasteiger partial charge in [0.25, 0.3) is 0 Å². The number of hydrogen-bond donors (Lipinski definition) is 2. The summed E-state index contributed by atoms with van der Waals surface area (Å²) in [5.74, 6) is -0.970. The van der Waals surface area contributed by atoms with Crippen LogP contribution in [0.1, 0.15) is 152 Å². The summed E-state index contributed by atoms with van der Waals surface area (Å²) >= 11 is 1.28. The summed E-state index contributed by atoms with van der Waals surface area (Å²) in [5, 5.41) is 21.7. The van der Waals surface area contributed by atoms with Crippen molar-refractivity contribution in [2.24, 2.45) is 0 Å². The second-order valence-electron chi connectivity index (χ2n) is 12.4. The molecule has 4 unspecified atom stereocenters. The number of ether oxygens (including phenoxy) is 2. The van der Waals surface area contributed by atoms with Crippen molar-refractivity contribution in [3.63, 3.8) is 0 Å². The fourth-order valence-corrected chi connectivity index (χ4v) is 6.27. The zero-order chi connectivity index (χ0) is 33.5. The number of carbonyl (C=O) groups excluding carboxylic acids is 2. The molecule has 0 aromatic heterocycles. The van der Waals surface area contributed by atoms with Crippen molar-refractivity contribution in [3.05, 3.63) is 57.6 Å². The van der Waals surface area contributed by atoms with Crippen molar-refractivity contribution in [2.75, 3.05) is 0 Å². The zero-order valence-electron chi connectivity index (χ0n) is 29.0. The van der Waals surface area contributed by atoms with Gasteiger partial charge in [-0.05, 0) is 112 Å². The first-order valence-corrected chi connectivity index (χ1v) is 18.2. The molecule has 4 atom stereocenters. The van der Waals surface area contributed by atoms with Crippen LogP contribution in [0.3, 0.4) is 0 Å². The second-order valence-corrected chi connectivity index (χ2v) is 14.0. The van der Waals surface area contributed by atoms with E-state index in [-0.39, 0.29) is 11.9 Å². The van der Waals surface area contributed by atoms with E-state index in [0.717, 1.165) is 110 Å². The van der Waals surface area contributed by atoms with E-state index >= 15 is 0 Å². The molecule has 2 aromatic rings. The topological polar surface area (TPSA) is 93.1 Å². The average Bonchev–Trinajstić information content (AvgIpc) is 3.01. The van der Waals surface area contributed by atoms with Crippen LogP contribution in [-0.2, 0) is 44.7 Å². The van der Waals surface area contributed by atoms with Gasteiger partial charge in [0.15, 0.2) is 0 Å². The van der Waals surface area contributed by atoms with Gasteiger partial charge in [0, 0.05) is 0 Å². The van der Waals surface area contributed by atoms with Crippen LogP contribution in [0, 0.1) is 0 Å². The van der Waals surface area contributed by atoms with Crippen LogP contribution in [0.25, 0.3) is 0 Å². The quantitative estimate of drug-likeness (QED) is 0.110. The van der Waals surface area contributed by atoms with Gasteiger partial charge in [-0.2, -0.15) is 0 Å². The normalized spacial score (nSPS) is 14.0. The Morgan fingerprint density at radius 3 is 1.09 bits per heavy atom. The number of unbranched alkanes of at least 4 members (excludes halogenated alkanes) is 4. The van der Waals surface area contributed by atoms with E-state index in [1.807, 2.05) is 38.1 Å². The third kappa shape index (κ3) is 11.9. The second kappa shape index (κ2) is 19.8. The Morgan fingerprint density at radius 1 is 0.578 bits per heavy atom. The summed E-state index contributed by atoms with van der Waals surface area (Å²) in [5.41, 5.74) is 4.22. The molecule has 0 aliphatic rings. The van der Waals surface area contributed by atoms with Crippen LogP contribution in [0.5, 0.6) is 11.5 Å². The molecule has 45 heavy (non-hydrogen) atoms. The third-order valence-corrected chi connectivity index (χ3v) is 9.39. The van der Waals surface area contributed by atoms with Gasteiger partial charge in [-0.15, -0.1) is 0 Å². The molecule has 2 rings (SSSR count). The molecular formula is C38H58O6S. The summed E-state index contributed by atoms with van der Waals surface area (Å²) in [6.07, 6.45) is 11.1. The Kier molecular flexibility index (Phi) is 16.9. The number of rotatable bonds is 20. The van der Waals surface area contributed by atoms with E-state index in [2.05, 4.69) is 27.7 Å². The molecule has 0 saturated carbocycles. The highest BCUT2D eigenvalue weighted by Gasteiger charge is 2.26. The molecule has 0 amide bonds. The minimum absolute atomic E-state index is 0.348. The summed E-state index contributed by atoms with van der Waals surface area (Å²) < 4.78 is 11.6. The third-order valence-electron chi connectivity index (χ3n) is 8.43. The molecule has 0 spiro atoms. The van der Waals surface area contributed by atoms with Crippen LogP contribution < -0.4 is 0 Å². The average molecular weight is 643 g/mol. The molecule has 7 heteroatoms. The molecule has 0 radical (unpaired) electrons. The lowest BCUT2D eigenvalue weighted by atomic mass is 9.92. The van der Waals surface area contributed by atoms with Crippen LogP contribution >= 0.6 is 11.8 Å². The van der Waals surface area contributed by atoms with Crippen molar-refractivity contribution in [1.82, 2.24) is 0 Å². The summed E-state index contributed by atoms with van der Waals surface area (Å²) in [7, 11) is 0. The van der Waals surface area contributed by atoms with Crippen LogP contribution in [0.4, 0.5) is 0 Å². The number of carbonyl (C=O) groups is 2. The highest BCUT2D eigenvalue weighted by molar-refractivity contribution is 8.00. The predicted molar refractivity (Wildman–Crippen MR) is 186 cm³/mol. The van der Waals surface area contributed by atoms with Gasteiger partial charge in [0.1, 0.15) is 22.4 Å². The Labute approximate surface area is 276 Å². The highest BCUT2D eigenvalue weighted by atomic mass is 32.2. The van der Waals surface area contributed by atoms with E-state index in [4.69, 9.17) is 9.47 Å². The molecular weight excluding hydrogens is 584 g/mol. The Hall–Kier alpha value is -2.67. The maximum atomic E-state index is 13.2. The number of hydrogen-bond acceptors (Lipinski definition) is 7. The highest BCUT2D eigenvalue weighted by Crippen LogP contribution is 2.34. The number of aromatic hydroxyl groups is 2. The smallest absolute Gasteiger partial charge is 0.314 e. The largest absolute Gasteiger partial charge is 0.507 e. The molecule has 6 nitrogen and oxygen atoms in total. The van der Waals surface area contributed by atoms with E-state index in [1.165, 1.54) is 11.8 Å². The lowest BCUT2D eigenvalue weighted by Crippen LogP contribution is -2.23. The SMILES string of the molecule is CCCCc1cc(C(C)C(=O)OC(C)SC(C)OC(=O)C(C)c2cc(CCCC)c(O)c(CCCC)c2)cc(CCCC)c1O. The molecule has 0 fully saturated rings. The van der Waals surface area contributed by atoms with Crippen molar-refractivity contribution < 1.29 is 29.3 Å². The first kappa shape index (κ1) is 38.5. The first-order valence-electron chi connectivity index (χ1n) is 17.2. The first-order chi connectivity index (χ1) is 21.5. The molecule has 0 bridgehead atoms. The fraction of sp³-hybridized carbons (Fsp3) is 0.632. The van der Waals surface area contributed by atoms with Crippen molar-refractivity contribution in [1.29, 1.82) is 0 Å². The Bertz CT molecular complexity index is 1070. The molecule has 0 aliphatic heterocycles. The number of benzene rings is 2. The lowest BCUT2D eigenvalue weighted by molar-refractivity contribution is -0.146. The maximum absolute atomic E-state index is 13.2. The zero-order valence-corrected chi connectivity index (χ0v) is 29.9. The van der Waals surface area contributed by atoms with Crippen LogP contribution in [-0.4, -0.2) is 33.0 Å². The van der Waals surface area contributed by atoms with Crippen molar-refractivity contribution >= 4 is 23.7 Å². The Morgan fingerprint density at radius 2 is 0.844 bits per heavy atom. The Balaban J connectivity index is 2.07. The van der Waals surface area contributed by atoms with Crippen molar-refractivity contribution in [2.45, 2.75) is 155 Å². The molecule has 2 aromatic carbocycles. The number of phenols is 2. The molecule has 0 aliphatic carbocycles. The minimum Gasteiger partial charge on any atom is -0.507 e. The number of aryl methyl sites for hydroxylation is 4. The minimum atomic E-state index is -0.524. The molecule has 252 valence electrons. The van der Waals surface area contributed by atoms with Gasteiger partial charge >= 0.3 is 11.9 Å². The fourth-order valence-electron chi connectivity index (χ4n) is 5.43. The lowest BCUT2D eigenvalue weighted by Gasteiger charge is -2.22. The van der Waals surface area contributed by atoms with E-state index in [1.54, 1.807) is 13.8 Å². The van der Waals surface area contributed by atoms with Gasteiger partial charge in [0.05, 0.1) is 11.8 Å². The number of esters is 2. The summed E-state index contributed by atoms with van der Waals surface area (Å²) in [4.78, 5) is 26.4.